The maximum atomic E-state index is 2.28. The van der Waals surface area contributed by atoms with Crippen LogP contribution >= 0.6 is 8.73 Å². The first-order valence-electron chi connectivity index (χ1n) is 1.34. The summed E-state index contributed by atoms with van der Waals surface area (Å²) in [4.78, 5) is 0. The first kappa shape index (κ1) is 2.62. The maximum Gasteiger partial charge on any atom is 0.0323 e. The van der Waals surface area contributed by atoms with Crippen LogP contribution in [0.15, 0.2) is 0 Å². The second-order valence-corrected chi connectivity index (χ2v) is 2.41. The molecule has 1 heterocycles. The Labute approximate surface area is 27.8 Å². The summed E-state index contributed by atoms with van der Waals surface area (Å²) >= 11 is 0. The molecule has 1 aliphatic heterocycles. The number of rotatable bonds is 0. The molecule has 1 fully saturated rings. The molecular weight excluding hydrogens is 69.0 g/mol. The van der Waals surface area contributed by atoms with Gasteiger partial charge in [0.25, 0.3) is 0 Å². The molecule has 4 heavy (non-hydrogen) atoms. The van der Waals surface area contributed by atoms with Gasteiger partial charge in [-0.25, -0.2) is 0 Å². The fourth-order valence-electron chi connectivity index (χ4n) is 0.0707. The van der Waals surface area contributed by atoms with Crippen LogP contribution in [0.5, 0.6) is 0 Å². The van der Waals surface area contributed by atoms with Gasteiger partial charge in [-0.3, -0.25) is 4.67 Å². The zero-order chi connectivity index (χ0) is 2.99. The van der Waals surface area contributed by atoms with E-state index in [1.54, 1.807) is 0 Å². The van der Waals surface area contributed by atoms with Crippen molar-refractivity contribution in [2.75, 3.05) is 13.3 Å². The van der Waals surface area contributed by atoms with Gasteiger partial charge in [-0.1, -0.05) is 0 Å². The second kappa shape index (κ2) is 0.667. The van der Waals surface area contributed by atoms with Gasteiger partial charge in [-0.2, -0.15) is 0 Å². The molecular formula is C2H6NP. The molecule has 0 N–H and O–H groups in total. The van der Waals surface area contributed by atoms with Gasteiger partial charge in [-0.15, -0.1) is 0 Å². The van der Waals surface area contributed by atoms with E-state index >= 15 is 0 Å². The minimum atomic E-state index is 1.14. The molecule has 0 bridgehead atoms. The van der Waals surface area contributed by atoms with Crippen LogP contribution in [0.25, 0.3) is 0 Å². The third-order valence-electron chi connectivity index (χ3n) is 0.474. The number of hydrogen-bond acceptors (Lipinski definition) is 1. The molecule has 0 aromatic heterocycles. The molecule has 0 saturated carbocycles. The van der Waals surface area contributed by atoms with Gasteiger partial charge in [0.2, 0.25) is 0 Å². The largest absolute Gasteiger partial charge is 0.281 e. The highest BCUT2D eigenvalue weighted by molar-refractivity contribution is 7.42. The lowest BCUT2D eigenvalue weighted by molar-refractivity contribution is 0.782. The molecule has 2 heteroatoms. The van der Waals surface area contributed by atoms with Crippen molar-refractivity contribution in [1.82, 2.24) is 4.67 Å². The van der Waals surface area contributed by atoms with Crippen molar-refractivity contribution in [1.29, 1.82) is 0 Å². The molecule has 24 valence electrons. The van der Waals surface area contributed by atoms with Crippen LogP contribution in [-0.2, 0) is 0 Å². The van der Waals surface area contributed by atoms with Crippen molar-refractivity contribution >= 4 is 8.73 Å². The fraction of sp³-hybridized carbons (Fsp3) is 1.00. The second-order valence-electron chi connectivity index (χ2n) is 1.01. The van der Waals surface area contributed by atoms with E-state index in [1.807, 2.05) is 0 Å². The van der Waals surface area contributed by atoms with Crippen LogP contribution in [0.1, 0.15) is 0 Å². The van der Waals surface area contributed by atoms with E-state index in [0.29, 0.717) is 0 Å². The van der Waals surface area contributed by atoms with Gasteiger partial charge in [0, 0.05) is 6.29 Å². The SMILES string of the molecule is CN1CP1. The summed E-state index contributed by atoms with van der Waals surface area (Å²) in [6, 6.07) is 0. The Morgan fingerprint density at radius 3 is 2.25 bits per heavy atom. The first-order valence-corrected chi connectivity index (χ1v) is 2.49. The minimum absolute atomic E-state index is 1.14. The number of nitrogens with zero attached hydrogens (tertiary/aromatic N) is 1. The third-order valence-corrected chi connectivity index (χ3v) is 1.42. The lowest BCUT2D eigenvalue weighted by Gasteiger charge is -1.65. The van der Waals surface area contributed by atoms with E-state index in [4.69, 9.17) is 0 Å². The van der Waals surface area contributed by atoms with E-state index in [2.05, 4.69) is 11.7 Å². The van der Waals surface area contributed by atoms with Crippen LogP contribution in [0.4, 0.5) is 0 Å². The average Bonchev–Trinajstić information content (AvgIpc) is 1.75. The summed E-state index contributed by atoms with van der Waals surface area (Å²) in [6.07, 6.45) is 1.35. The number of hydrogen-bond donors (Lipinski definition) is 0. The molecule has 1 aliphatic rings. The average molecular weight is 75.1 g/mol. The van der Waals surface area contributed by atoms with Crippen molar-refractivity contribution in [3.8, 4) is 0 Å². The zero-order valence-electron chi connectivity index (χ0n) is 2.65. The highest BCUT2D eigenvalue weighted by Crippen LogP contribution is 2.32. The molecule has 1 saturated heterocycles. The van der Waals surface area contributed by atoms with Crippen molar-refractivity contribution in [3.05, 3.63) is 0 Å². The highest BCUT2D eigenvalue weighted by atomic mass is 31.1. The molecule has 0 aromatic carbocycles. The summed E-state index contributed by atoms with van der Waals surface area (Å²) in [5.74, 6) is 0. The Bertz CT molecular complexity index is 25.2. The third kappa shape index (κ3) is 0.402. The van der Waals surface area contributed by atoms with E-state index in [-0.39, 0.29) is 0 Å². The van der Waals surface area contributed by atoms with Gasteiger partial charge < -0.3 is 0 Å². The van der Waals surface area contributed by atoms with Gasteiger partial charge in [0.05, 0.1) is 0 Å². The van der Waals surface area contributed by atoms with Gasteiger partial charge in [0.15, 0.2) is 0 Å². The maximum absolute atomic E-state index is 2.28. The lowest BCUT2D eigenvalue weighted by Crippen LogP contribution is -1.71. The van der Waals surface area contributed by atoms with E-state index in [9.17, 15) is 0 Å². The predicted octanol–water partition coefficient (Wildman–Crippen LogP) is 0.483. The van der Waals surface area contributed by atoms with Crippen LogP contribution in [0.3, 0.4) is 0 Å². The predicted molar refractivity (Wildman–Crippen MR) is 20.9 cm³/mol. The molecule has 1 rings (SSSR count). The molecule has 0 aliphatic carbocycles. The fourth-order valence-corrected chi connectivity index (χ4v) is 0.212. The van der Waals surface area contributed by atoms with Crippen molar-refractivity contribution in [2.24, 2.45) is 0 Å². The Hall–Kier alpha value is 0.390. The van der Waals surface area contributed by atoms with Crippen LogP contribution in [-0.4, -0.2) is 18.0 Å². The monoisotopic (exact) mass is 75.0 g/mol. The summed E-state index contributed by atoms with van der Waals surface area (Å²) in [7, 11) is 3.26. The van der Waals surface area contributed by atoms with Gasteiger partial charge >= 0.3 is 0 Å². The Balaban J connectivity index is 2.17. The Morgan fingerprint density at radius 1 is 2.00 bits per heavy atom. The molecule has 0 amide bonds. The molecule has 0 aromatic rings. The minimum Gasteiger partial charge on any atom is -0.281 e. The summed E-state index contributed by atoms with van der Waals surface area (Å²) in [5, 5.41) is 0. The standard InChI is InChI=1S/C2H6NP/c1-3-2-4-3/h4H,2H2,1H3. The van der Waals surface area contributed by atoms with Gasteiger partial charge in [-0.05, 0) is 15.8 Å². The highest BCUT2D eigenvalue weighted by Gasteiger charge is 2.07. The topological polar surface area (TPSA) is 3.01 Å². The zero-order valence-corrected chi connectivity index (χ0v) is 3.65. The summed E-state index contributed by atoms with van der Waals surface area (Å²) in [6.45, 7) is 0. The molecule has 0 radical (unpaired) electrons. The van der Waals surface area contributed by atoms with Crippen molar-refractivity contribution < 1.29 is 0 Å². The Morgan fingerprint density at radius 2 is 2.25 bits per heavy atom. The summed E-state index contributed by atoms with van der Waals surface area (Å²) in [5.41, 5.74) is 0. The van der Waals surface area contributed by atoms with Crippen LogP contribution in [0.2, 0.25) is 0 Å². The Kier molecular flexibility index (Phi) is 0.436. The van der Waals surface area contributed by atoms with Crippen LogP contribution in [0, 0.1) is 0 Å². The summed E-state index contributed by atoms with van der Waals surface area (Å²) < 4.78 is 2.28. The molecule has 2 atom stereocenters. The molecule has 2 unspecified atom stereocenters. The lowest BCUT2D eigenvalue weighted by atomic mass is 11.3. The molecule has 1 nitrogen and oxygen atoms in total. The van der Waals surface area contributed by atoms with Crippen molar-refractivity contribution in [2.45, 2.75) is 0 Å². The first-order chi connectivity index (χ1) is 1.89. The smallest absolute Gasteiger partial charge is 0.0323 e. The van der Waals surface area contributed by atoms with Crippen molar-refractivity contribution in [3.63, 3.8) is 0 Å². The van der Waals surface area contributed by atoms with Crippen LogP contribution < -0.4 is 0 Å². The van der Waals surface area contributed by atoms with E-state index in [0.717, 1.165) is 8.73 Å². The van der Waals surface area contributed by atoms with E-state index in [1.165, 1.54) is 6.29 Å². The quantitative estimate of drug-likeness (QED) is 0.299. The van der Waals surface area contributed by atoms with E-state index < -0.39 is 0 Å². The normalized spacial score (nSPS) is 45.8. The van der Waals surface area contributed by atoms with Gasteiger partial charge in [0.1, 0.15) is 0 Å². The molecule has 0 spiro atoms.